The molecule has 0 fully saturated rings. The van der Waals surface area contributed by atoms with Crippen LogP contribution in [-0.2, 0) is 0 Å². The molecule has 35 heavy (non-hydrogen) atoms. The summed E-state index contributed by atoms with van der Waals surface area (Å²) in [6.07, 6.45) is 16.9. The van der Waals surface area contributed by atoms with Crippen molar-refractivity contribution in [2.45, 2.75) is 51.4 Å². The fourth-order valence-electron chi connectivity index (χ4n) is 6.30. The Hall–Kier alpha value is -3.65. The van der Waals surface area contributed by atoms with E-state index >= 15 is 0 Å². The summed E-state index contributed by atoms with van der Waals surface area (Å²) in [7, 11) is 0. The third kappa shape index (κ3) is 3.35. The topological polar surface area (TPSA) is 17.3 Å². The van der Waals surface area contributed by atoms with Crippen molar-refractivity contribution in [1.29, 1.82) is 0 Å². The number of imidazole rings is 1. The average Bonchev–Trinajstić information content (AvgIpc) is 3.39. The number of fused-ring (bicyclic) bond motifs is 6. The smallest absolute Gasteiger partial charge is 0.145 e. The molecule has 0 bridgehead atoms. The molecule has 2 aliphatic carbocycles. The van der Waals surface area contributed by atoms with Crippen LogP contribution in [0.3, 0.4) is 0 Å². The molecule has 2 aromatic heterocycles. The van der Waals surface area contributed by atoms with Gasteiger partial charge in [0.2, 0.25) is 0 Å². The van der Waals surface area contributed by atoms with Crippen LogP contribution in [0.15, 0.2) is 85.1 Å². The molecule has 0 unspecified atom stereocenters. The van der Waals surface area contributed by atoms with Crippen molar-refractivity contribution in [3.8, 4) is 11.3 Å². The van der Waals surface area contributed by atoms with Gasteiger partial charge < -0.3 is 0 Å². The Balaban J connectivity index is 1.61. The van der Waals surface area contributed by atoms with Gasteiger partial charge in [0.05, 0.1) is 17.4 Å². The number of nitrogens with zero attached hydrogens (tertiary/aromatic N) is 2. The molecule has 0 spiro atoms. The minimum Gasteiger partial charge on any atom is -0.292 e. The van der Waals surface area contributed by atoms with Crippen molar-refractivity contribution in [3.05, 3.63) is 96.2 Å². The third-order valence-electron chi connectivity index (χ3n) is 7.96. The molecule has 172 valence electrons. The molecule has 5 aromatic rings. The molecule has 0 saturated heterocycles. The second kappa shape index (κ2) is 8.53. The Morgan fingerprint density at radius 3 is 1.89 bits per heavy atom. The van der Waals surface area contributed by atoms with E-state index in [0.717, 1.165) is 18.5 Å². The number of pyridine rings is 1. The molecule has 0 amide bonds. The summed E-state index contributed by atoms with van der Waals surface area (Å²) in [6.45, 7) is 0. The van der Waals surface area contributed by atoms with Gasteiger partial charge in [-0.25, -0.2) is 4.98 Å². The Morgan fingerprint density at radius 2 is 1.23 bits per heavy atom. The van der Waals surface area contributed by atoms with Gasteiger partial charge >= 0.3 is 0 Å². The maximum absolute atomic E-state index is 5.07. The first kappa shape index (κ1) is 20.7. The largest absolute Gasteiger partial charge is 0.292 e. The molecule has 2 nitrogen and oxygen atoms in total. The number of hydrogen-bond acceptors (Lipinski definition) is 1. The summed E-state index contributed by atoms with van der Waals surface area (Å²) >= 11 is 0. The fraction of sp³-hybridized carbons (Fsp3) is 0.242. The summed E-state index contributed by atoms with van der Waals surface area (Å²) in [5.41, 5.74) is 10.6. The molecule has 2 aliphatic rings. The Morgan fingerprint density at radius 1 is 0.600 bits per heavy atom. The maximum atomic E-state index is 5.07. The highest BCUT2D eigenvalue weighted by molar-refractivity contribution is 6.12. The minimum absolute atomic E-state index is 1.05. The number of aromatic nitrogens is 2. The molecule has 0 aliphatic heterocycles. The normalized spacial score (nSPS) is 16.6. The van der Waals surface area contributed by atoms with Crippen molar-refractivity contribution in [1.82, 2.24) is 9.38 Å². The Labute approximate surface area is 206 Å². The first-order chi connectivity index (χ1) is 17.4. The zero-order valence-electron chi connectivity index (χ0n) is 20.1. The van der Waals surface area contributed by atoms with E-state index in [-0.39, 0.29) is 0 Å². The van der Waals surface area contributed by atoms with Crippen LogP contribution >= 0.6 is 0 Å². The summed E-state index contributed by atoms with van der Waals surface area (Å²) in [5.74, 6) is 0. The Bertz CT molecular complexity index is 1600. The Kier molecular flexibility index (Phi) is 5.05. The number of para-hydroxylation sites is 1. The molecule has 2 heteroatoms. The molecule has 3 aromatic carbocycles. The van der Waals surface area contributed by atoms with E-state index in [1.165, 1.54) is 93.7 Å². The van der Waals surface area contributed by atoms with E-state index in [2.05, 4.69) is 89.5 Å². The molecule has 0 atom stereocenters. The van der Waals surface area contributed by atoms with Crippen molar-refractivity contribution in [3.63, 3.8) is 0 Å². The molecule has 0 radical (unpaired) electrons. The van der Waals surface area contributed by atoms with Gasteiger partial charge in [0, 0.05) is 16.3 Å². The lowest BCUT2D eigenvalue weighted by Crippen LogP contribution is -2.02. The van der Waals surface area contributed by atoms with Gasteiger partial charge in [-0.3, -0.25) is 4.40 Å². The molecule has 0 saturated carbocycles. The van der Waals surface area contributed by atoms with E-state index in [1.807, 2.05) is 0 Å². The van der Waals surface area contributed by atoms with Crippen LogP contribution in [0.25, 0.3) is 49.7 Å². The van der Waals surface area contributed by atoms with Crippen molar-refractivity contribution >= 4 is 38.5 Å². The molecule has 2 heterocycles. The highest BCUT2D eigenvalue weighted by atomic mass is 15.0. The van der Waals surface area contributed by atoms with E-state index in [1.54, 1.807) is 0 Å². The minimum atomic E-state index is 1.05. The van der Waals surface area contributed by atoms with Crippen LogP contribution in [-0.4, -0.2) is 9.38 Å². The van der Waals surface area contributed by atoms with Crippen LogP contribution in [0.4, 0.5) is 0 Å². The van der Waals surface area contributed by atoms with Gasteiger partial charge in [-0.05, 0) is 85.1 Å². The van der Waals surface area contributed by atoms with E-state index in [4.69, 9.17) is 4.98 Å². The number of rotatable bonds is 3. The monoisotopic (exact) mass is 454 g/mol. The van der Waals surface area contributed by atoms with E-state index in [9.17, 15) is 0 Å². The molecular formula is C33H30N2. The zero-order valence-corrected chi connectivity index (χ0v) is 20.1. The van der Waals surface area contributed by atoms with Gasteiger partial charge in [0.25, 0.3) is 0 Å². The van der Waals surface area contributed by atoms with E-state index < -0.39 is 0 Å². The van der Waals surface area contributed by atoms with Crippen molar-refractivity contribution < 1.29 is 0 Å². The number of benzene rings is 3. The second-order valence-electron chi connectivity index (χ2n) is 10.0. The van der Waals surface area contributed by atoms with Crippen molar-refractivity contribution in [2.24, 2.45) is 0 Å². The summed E-state index contributed by atoms with van der Waals surface area (Å²) in [4.78, 5) is 5.07. The second-order valence-corrected chi connectivity index (χ2v) is 10.0. The predicted molar refractivity (Wildman–Crippen MR) is 149 cm³/mol. The summed E-state index contributed by atoms with van der Waals surface area (Å²) < 4.78 is 2.42. The first-order valence-electron chi connectivity index (χ1n) is 13.2. The van der Waals surface area contributed by atoms with Crippen LogP contribution in [0.2, 0.25) is 0 Å². The van der Waals surface area contributed by atoms with Gasteiger partial charge in [0.1, 0.15) is 5.65 Å². The van der Waals surface area contributed by atoms with Gasteiger partial charge in [-0.1, -0.05) is 72.8 Å². The quantitative estimate of drug-likeness (QED) is 0.248. The highest BCUT2D eigenvalue weighted by Gasteiger charge is 2.22. The predicted octanol–water partition coefficient (Wildman–Crippen LogP) is 9.22. The lowest BCUT2D eigenvalue weighted by atomic mass is 9.83. The maximum Gasteiger partial charge on any atom is 0.145 e. The van der Waals surface area contributed by atoms with Crippen LogP contribution in [0.5, 0.6) is 0 Å². The van der Waals surface area contributed by atoms with Gasteiger partial charge in [0.15, 0.2) is 0 Å². The van der Waals surface area contributed by atoms with E-state index in [0.29, 0.717) is 0 Å². The van der Waals surface area contributed by atoms with Crippen LogP contribution in [0.1, 0.15) is 62.5 Å². The van der Waals surface area contributed by atoms with Gasteiger partial charge in [-0.2, -0.15) is 0 Å². The summed E-state index contributed by atoms with van der Waals surface area (Å²) in [6, 6.07) is 24.5. The molecule has 0 N–H and O–H groups in total. The number of allylic oxidation sites excluding steroid dienone is 4. The SMILES string of the molecule is C1=C(c2cccc(C3=CCCCC3)c2-c2cnc3c4ccccc4c4ccccc4n23)CCCC1. The third-order valence-corrected chi connectivity index (χ3v) is 7.96. The fourth-order valence-corrected chi connectivity index (χ4v) is 6.30. The lowest BCUT2D eigenvalue weighted by molar-refractivity contribution is 0.740. The lowest BCUT2D eigenvalue weighted by Gasteiger charge is -2.22. The summed E-state index contributed by atoms with van der Waals surface area (Å²) in [5, 5.41) is 3.76. The molecular weight excluding hydrogens is 424 g/mol. The zero-order chi connectivity index (χ0) is 23.2. The average molecular weight is 455 g/mol. The molecule has 7 rings (SSSR count). The number of hydrogen-bond donors (Lipinski definition) is 0. The van der Waals surface area contributed by atoms with Gasteiger partial charge in [-0.15, -0.1) is 0 Å². The standard InChI is InChI=1S/C33H30N2/c1-3-12-23(13-4-1)25-19-11-20-26(24-14-5-2-6-15-24)32(25)31-22-34-33-29-18-8-7-16-27(29)28-17-9-10-21-30(28)35(31)33/h7-12,14,16-22H,1-6,13,15H2. The first-order valence-corrected chi connectivity index (χ1v) is 13.2. The highest BCUT2D eigenvalue weighted by Crippen LogP contribution is 2.42. The van der Waals surface area contributed by atoms with Crippen LogP contribution < -0.4 is 0 Å². The van der Waals surface area contributed by atoms with Crippen LogP contribution in [0, 0.1) is 0 Å². The van der Waals surface area contributed by atoms with Crippen molar-refractivity contribution in [2.75, 3.05) is 0 Å².